The zero-order valence-corrected chi connectivity index (χ0v) is 13.4. The Bertz CT molecular complexity index is 356. The smallest absolute Gasteiger partial charge is 0.168 e. The summed E-state index contributed by atoms with van der Waals surface area (Å²) < 4.78 is 11.3. The molecule has 1 N–H and O–H groups in total. The zero-order valence-electron chi connectivity index (χ0n) is 13.4. The van der Waals surface area contributed by atoms with E-state index in [9.17, 15) is 5.11 Å². The summed E-state index contributed by atoms with van der Waals surface area (Å²) in [5.41, 5.74) is -0.539. The molecule has 2 aliphatic rings. The summed E-state index contributed by atoms with van der Waals surface area (Å²) in [7, 11) is 1.66. The predicted molar refractivity (Wildman–Crippen MR) is 80.3 cm³/mol. The lowest BCUT2D eigenvalue weighted by Gasteiger charge is -2.46. The first-order valence-electron chi connectivity index (χ1n) is 7.93. The summed E-state index contributed by atoms with van der Waals surface area (Å²) in [6.45, 7) is 11.1. The van der Waals surface area contributed by atoms with Gasteiger partial charge < -0.3 is 14.6 Å². The van der Waals surface area contributed by atoms with Gasteiger partial charge in [0.05, 0.1) is 11.5 Å². The van der Waals surface area contributed by atoms with Crippen molar-refractivity contribution in [3.05, 3.63) is 12.7 Å². The molecule has 2 aliphatic carbocycles. The summed E-state index contributed by atoms with van der Waals surface area (Å²) in [5.74, 6) is 1.05. The fourth-order valence-corrected chi connectivity index (χ4v) is 4.74. The molecule has 0 saturated heterocycles. The summed E-state index contributed by atoms with van der Waals surface area (Å²) >= 11 is 0. The van der Waals surface area contributed by atoms with Crippen LogP contribution < -0.4 is 0 Å². The summed E-state index contributed by atoms with van der Waals surface area (Å²) in [6.07, 6.45) is 5.58. The minimum atomic E-state index is -0.483. The molecule has 116 valence electrons. The van der Waals surface area contributed by atoms with E-state index in [0.29, 0.717) is 18.4 Å². The number of hydrogen-bond donors (Lipinski definition) is 1. The van der Waals surface area contributed by atoms with Crippen LogP contribution in [0, 0.1) is 22.7 Å². The quantitative estimate of drug-likeness (QED) is 0.620. The van der Waals surface area contributed by atoms with Crippen LogP contribution in [-0.2, 0) is 9.47 Å². The largest absolute Gasteiger partial charge is 0.391 e. The standard InChI is InChI=1S/C17H30O3/c1-6-17(15(19-5)20-7-2)11-13-10-8-9-12(3)16(13,4)14(17)18/h6,12-15,18H,1,7-11H2,2-5H3/t12-,13+,14-,15-,16+,17+/m1/s1. The van der Waals surface area contributed by atoms with Crippen molar-refractivity contribution in [3.63, 3.8) is 0 Å². The van der Waals surface area contributed by atoms with E-state index in [1.807, 2.05) is 13.0 Å². The third-order valence-corrected chi connectivity index (χ3v) is 6.18. The van der Waals surface area contributed by atoms with E-state index in [0.717, 1.165) is 6.42 Å². The van der Waals surface area contributed by atoms with Gasteiger partial charge in [-0.2, -0.15) is 0 Å². The second-order valence-electron chi connectivity index (χ2n) is 6.84. The maximum atomic E-state index is 11.2. The molecule has 0 amide bonds. The van der Waals surface area contributed by atoms with Crippen molar-refractivity contribution in [2.75, 3.05) is 13.7 Å². The number of hydrogen-bond acceptors (Lipinski definition) is 3. The van der Waals surface area contributed by atoms with Gasteiger partial charge in [0.15, 0.2) is 6.29 Å². The Kier molecular flexibility index (Phi) is 4.63. The molecule has 20 heavy (non-hydrogen) atoms. The van der Waals surface area contributed by atoms with E-state index in [1.54, 1.807) is 7.11 Å². The molecule has 0 spiro atoms. The molecular formula is C17H30O3. The highest BCUT2D eigenvalue weighted by atomic mass is 16.7. The average Bonchev–Trinajstić information content (AvgIpc) is 2.68. The van der Waals surface area contributed by atoms with Gasteiger partial charge in [-0.05, 0) is 37.0 Å². The fraction of sp³-hybridized carbons (Fsp3) is 0.882. The van der Waals surface area contributed by atoms with Gasteiger partial charge in [0, 0.05) is 13.7 Å². The van der Waals surface area contributed by atoms with E-state index in [1.165, 1.54) is 19.3 Å². The molecule has 2 rings (SSSR count). The maximum Gasteiger partial charge on any atom is 0.168 e. The number of aliphatic hydroxyl groups excluding tert-OH is 1. The summed E-state index contributed by atoms with van der Waals surface area (Å²) in [4.78, 5) is 0. The fourth-order valence-electron chi connectivity index (χ4n) is 4.74. The molecule has 2 saturated carbocycles. The molecule has 0 bridgehead atoms. The Morgan fingerprint density at radius 3 is 2.65 bits per heavy atom. The first-order chi connectivity index (χ1) is 9.47. The third-order valence-electron chi connectivity index (χ3n) is 6.18. The van der Waals surface area contributed by atoms with E-state index in [4.69, 9.17) is 9.47 Å². The van der Waals surface area contributed by atoms with Crippen LogP contribution in [0.1, 0.15) is 46.5 Å². The first-order valence-corrected chi connectivity index (χ1v) is 7.93. The molecule has 0 aromatic carbocycles. The van der Waals surface area contributed by atoms with Crippen molar-refractivity contribution < 1.29 is 14.6 Å². The summed E-state index contributed by atoms with van der Waals surface area (Å²) in [6, 6.07) is 0. The van der Waals surface area contributed by atoms with Gasteiger partial charge in [0.1, 0.15) is 0 Å². The Morgan fingerprint density at radius 1 is 1.45 bits per heavy atom. The molecule has 2 fully saturated rings. The van der Waals surface area contributed by atoms with Gasteiger partial charge in [-0.25, -0.2) is 0 Å². The number of aliphatic hydroxyl groups is 1. The van der Waals surface area contributed by atoms with Crippen molar-refractivity contribution in [1.82, 2.24) is 0 Å². The van der Waals surface area contributed by atoms with Gasteiger partial charge in [-0.3, -0.25) is 0 Å². The van der Waals surface area contributed by atoms with Gasteiger partial charge in [0.25, 0.3) is 0 Å². The van der Waals surface area contributed by atoms with E-state index >= 15 is 0 Å². The van der Waals surface area contributed by atoms with Crippen LogP contribution in [0.15, 0.2) is 12.7 Å². The highest BCUT2D eigenvalue weighted by molar-refractivity contribution is 5.17. The van der Waals surface area contributed by atoms with Gasteiger partial charge in [-0.1, -0.05) is 32.8 Å². The van der Waals surface area contributed by atoms with Crippen LogP contribution in [-0.4, -0.2) is 31.2 Å². The van der Waals surface area contributed by atoms with Crippen LogP contribution in [0.2, 0.25) is 0 Å². The molecule has 3 heteroatoms. The van der Waals surface area contributed by atoms with Crippen LogP contribution in [0.25, 0.3) is 0 Å². The predicted octanol–water partition coefficient (Wildman–Crippen LogP) is 3.37. The molecule has 0 aromatic rings. The van der Waals surface area contributed by atoms with Gasteiger partial charge in [0.2, 0.25) is 0 Å². The van der Waals surface area contributed by atoms with Gasteiger partial charge in [-0.15, -0.1) is 6.58 Å². The highest BCUT2D eigenvalue weighted by Crippen LogP contribution is 2.63. The van der Waals surface area contributed by atoms with E-state index in [2.05, 4.69) is 20.4 Å². The van der Waals surface area contributed by atoms with E-state index in [-0.39, 0.29) is 5.41 Å². The highest BCUT2D eigenvalue weighted by Gasteiger charge is 2.63. The average molecular weight is 282 g/mol. The Morgan fingerprint density at radius 2 is 2.15 bits per heavy atom. The van der Waals surface area contributed by atoms with E-state index < -0.39 is 17.8 Å². The van der Waals surface area contributed by atoms with Crippen molar-refractivity contribution in [3.8, 4) is 0 Å². The minimum absolute atomic E-state index is 0.0552. The van der Waals surface area contributed by atoms with Crippen LogP contribution in [0.5, 0.6) is 0 Å². The van der Waals surface area contributed by atoms with Crippen molar-refractivity contribution in [2.24, 2.45) is 22.7 Å². The van der Waals surface area contributed by atoms with Crippen LogP contribution in [0.4, 0.5) is 0 Å². The molecule has 0 aromatic heterocycles. The molecule has 3 nitrogen and oxygen atoms in total. The lowest BCUT2D eigenvalue weighted by Crippen LogP contribution is -2.50. The monoisotopic (exact) mass is 282 g/mol. The molecular weight excluding hydrogens is 252 g/mol. The molecule has 6 atom stereocenters. The van der Waals surface area contributed by atoms with Crippen molar-refractivity contribution >= 4 is 0 Å². The Balaban J connectivity index is 2.38. The Hall–Kier alpha value is -0.380. The van der Waals surface area contributed by atoms with Crippen molar-refractivity contribution in [1.29, 1.82) is 0 Å². The summed E-state index contributed by atoms with van der Waals surface area (Å²) in [5, 5.41) is 11.2. The van der Waals surface area contributed by atoms with Crippen LogP contribution in [0.3, 0.4) is 0 Å². The number of ether oxygens (including phenoxy) is 2. The lowest BCUT2D eigenvalue weighted by molar-refractivity contribution is -0.206. The lowest BCUT2D eigenvalue weighted by atomic mass is 9.62. The number of rotatable bonds is 5. The third kappa shape index (κ3) is 2.06. The normalized spacial score (nSPS) is 46.0. The minimum Gasteiger partial charge on any atom is -0.391 e. The first kappa shape index (κ1) is 16.0. The van der Waals surface area contributed by atoms with Crippen molar-refractivity contribution in [2.45, 2.75) is 58.8 Å². The number of methoxy groups -OCH3 is 1. The molecule has 0 unspecified atom stereocenters. The maximum absolute atomic E-state index is 11.2. The van der Waals surface area contributed by atoms with Gasteiger partial charge >= 0.3 is 0 Å². The van der Waals surface area contributed by atoms with Crippen LogP contribution >= 0.6 is 0 Å². The molecule has 0 aliphatic heterocycles. The SMILES string of the molecule is C=C[C@]1([C@H](OC)OCC)C[C@@H]2CCC[C@@H](C)[C@]2(C)[C@H]1O. The Labute approximate surface area is 123 Å². The molecule has 0 radical (unpaired) electrons. The number of fused-ring (bicyclic) bond motifs is 1. The molecule has 0 heterocycles. The second-order valence-corrected chi connectivity index (χ2v) is 6.84. The zero-order chi connectivity index (χ0) is 15.0. The topological polar surface area (TPSA) is 38.7 Å². The second kappa shape index (κ2) is 5.78.